The van der Waals surface area contributed by atoms with Crippen LogP contribution in [-0.2, 0) is 11.0 Å². The van der Waals surface area contributed by atoms with Gasteiger partial charge in [-0.25, -0.2) is 9.36 Å². The van der Waals surface area contributed by atoms with Crippen molar-refractivity contribution in [3.8, 4) is 17.6 Å². The van der Waals surface area contributed by atoms with Crippen molar-refractivity contribution >= 4 is 5.91 Å². The van der Waals surface area contributed by atoms with Crippen LogP contribution in [0.1, 0.15) is 48.2 Å². The Hall–Kier alpha value is -3.22. The molecule has 1 aliphatic carbocycles. The molecular formula is C19H15F3N4O3. The van der Waals surface area contributed by atoms with E-state index < -0.39 is 34.9 Å². The molecule has 5 rings (SSSR count). The van der Waals surface area contributed by atoms with E-state index in [9.17, 15) is 27.9 Å². The summed E-state index contributed by atoms with van der Waals surface area (Å²) in [5, 5.41) is 19.7. The molecule has 3 aliphatic rings. The average molecular weight is 404 g/mol. The number of benzene rings is 1. The summed E-state index contributed by atoms with van der Waals surface area (Å²) in [4.78, 5) is 27.1. The molecule has 2 aliphatic heterocycles. The monoisotopic (exact) mass is 404 g/mol. The molecule has 2 bridgehead atoms. The lowest BCUT2D eigenvalue weighted by atomic mass is 10.1. The quantitative estimate of drug-likeness (QED) is 0.833. The molecule has 1 aromatic heterocycles. The molecule has 3 heterocycles. The Kier molecular flexibility index (Phi) is 3.48. The highest BCUT2D eigenvalue weighted by molar-refractivity contribution is 5.82. The SMILES string of the molecule is N#Cc1ccc(-n2c(O)c3n(c2=O)[C@H]2C[C@@H]3N(C(=O)C3CC3)C2)cc1C(F)(F)F. The summed E-state index contributed by atoms with van der Waals surface area (Å²) in [5.41, 5.74) is -2.31. The van der Waals surface area contributed by atoms with Gasteiger partial charge in [-0.3, -0.25) is 9.36 Å². The molecule has 0 spiro atoms. The predicted octanol–water partition coefficient (Wildman–Crippen LogP) is 2.47. The Morgan fingerprint density at radius 1 is 1.28 bits per heavy atom. The number of hydrogen-bond donors (Lipinski definition) is 1. The van der Waals surface area contributed by atoms with E-state index in [4.69, 9.17) is 5.26 Å². The van der Waals surface area contributed by atoms with Crippen molar-refractivity contribution < 1.29 is 23.1 Å². The van der Waals surface area contributed by atoms with Crippen LogP contribution in [0.15, 0.2) is 23.0 Å². The number of carbonyl (C=O) groups excluding carboxylic acids is 1. The van der Waals surface area contributed by atoms with Crippen molar-refractivity contribution in [1.29, 1.82) is 5.26 Å². The molecule has 1 saturated carbocycles. The summed E-state index contributed by atoms with van der Waals surface area (Å²) in [6.07, 6.45) is -2.61. The molecule has 7 nitrogen and oxygen atoms in total. The first-order chi connectivity index (χ1) is 13.7. The molecule has 0 unspecified atom stereocenters. The highest BCUT2D eigenvalue weighted by Crippen LogP contribution is 2.50. The van der Waals surface area contributed by atoms with E-state index in [1.807, 2.05) is 0 Å². The van der Waals surface area contributed by atoms with E-state index in [1.165, 1.54) is 16.7 Å². The van der Waals surface area contributed by atoms with E-state index in [2.05, 4.69) is 0 Å². The number of likely N-dealkylation sites (tertiary alicyclic amines) is 1. The Morgan fingerprint density at radius 3 is 2.62 bits per heavy atom. The summed E-state index contributed by atoms with van der Waals surface area (Å²) in [5.74, 6) is -0.471. The molecule has 1 N–H and O–H groups in total. The molecule has 150 valence electrons. The molecule has 10 heteroatoms. The lowest BCUT2D eigenvalue weighted by Gasteiger charge is -2.27. The van der Waals surface area contributed by atoms with Crippen molar-refractivity contribution in [2.75, 3.05) is 6.54 Å². The van der Waals surface area contributed by atoms with Crippen LogP contribution < -0.4 is 5.69 Å². The van der Waals surface area contributed by atoms with Gasteiger partial charge in [0, 0.05) is 12.5 Å². The zero-order chi connectivity index (χ0) is 20.7. The highest BCUT2D eigenvalue weighted by atomic mass is 19.4. The second kappa shape index (κ2) is 5.65. The molecule has 29 heavy (non-hydrogen) atoms. The van der Waals surface area contributed by atoms with Gasteiger partial charge < -0.3 is 10.0 Å². The van der Waals surface area contributed by atoms with Crippen LogP contribution in [0.5, 0.6) is 5.88 Å². The number of nitriles is 1. The third-order valence-electron chi connectivity index (χ3n) is 5.95. The summed E-state index contributed by atoms with van der Waals surface area (Å²) in [6, 6.07) is 3.58. The summed E-state index contributed by atoms with van der Waals surface area (Å²) in [6.45, 7) is 0.359. The van der Waals surface area contributed by atoms with E-state index in [0.29, 0.717) is 19.0 Å². The van der Waals surface area contributed by atoms with Crippen LogP contribution in [0.2, 0.25) is 0 Å². The van der Waals surface area contributed by atoms with E-state index >= 15 is 0 Å². The molecule has 0 radical (unpaired) electrons. The second-order valence-corrected chi connectivity index (χ2v) is 7.71. The Labute approximate surface area is 162 Å². The van der Waals surface area contributed by atoms with Gasteiger partial charge in [0.2, 0.25) is 11.8 Å². The number of halogens is 3. The van der Waals surface area contributed by atoms with Crippen molar-refractivity contribution in [1.82, 2.24) is 14.0 Å². The third-order valence-corrected chi connectivity index (χ3v) is 5.95. The summed E-state index contributed by atoms with van der Waals surface area (Å²) >= 11 is 0. The first-order valence-corrected chi connectivity index (χ1v) is 9.20. The van der Waals surface area contributed by atoms with Crippen LogP contribution in [0.25, 0.3) is 5.69 Å². The number of amides is 1. The summed E-state index contributed by atoms with van der Waals surface area (Å²) in [7, 11) is 0. The number of carbonyl (C=O) groups is 1. The fourth-order valence-electron chi connectivity index (χ4n) is 4.49. The Bertz CT molecular complexity index is 1150. The van der Waals surface area contributed by atoms with Crippen LogP contribution in [0.4, 0.5) is 13.2 Å². The third kappa shape index (κ3) is 2.43. The topological polar surface area (TPSA) is 91.3 Å². The van der Waals surface area contributed by atoms with Gasteiger partial charge in [0.05, 0.1) is 35.0 Å². The van der Waals surface area contributed by atoms with Gasteiger partial charge >= 0.3 is 11.9 Å². The number of fused-ring (bicyclic) bond motifs is 5. The fourth-order valence-corrected chi connectivity index (χ4v) is 4.49. The maximum atomic E-state index is 13.3. The number of imidazole rings is 1. The predicted molar refractivity (Wildman–Crippen MR) is 92.2 cm³/mol. The molecule has 2 atom stereocenters. The number of nitrogens with zero attached hydrogens (tertiary/aromatic N) is 4. The van der Waals surface area contributed by atoms with Gasteiger partial charge in [-0.15, -0.1) is 0 Å². The average Bonchev–Trinajstić information content (AvgIpc) is 3.27. The number of rotatable bonds is 2. The summed E-state index contributed by atoms with van der Waals surface area (Å²) < 4.78 is 42.1. The Balaban J connectivity index is 1.62. The molecule has 1 amide bonds. The van der Waals surface area contributed by atoms with Crippen LogP contribution >= 0.6 is 0 Å². The van der Waals surface area contributed by atoms with Crippen LogP contribution in [0.3, 0.4) is 0 Å². The first kappa shape index (κ1) is 17.8. The largest absolute Gasteiger partial charge is 0.493 e. The number of aromatic hydroxyl groups is 1. The van der Waals surface area contributed by atoms with Crippen molar-refractivity contribution in [3.05, 3.63) is 45.5 Å². The van der Waals surface area contributed by atoms with E-state index in [-0.39, 0.29) is 29.2 Å². The van der Waals surface area contributed by atoms with Gasteiger partial charge in [-0.2, -0.15) is 18.4 Å². The lowest BCUT2D eigenvalue weighted by Crippen LogP contribution is -2.38. The number of alkyl halides is 3. The normalized spacial score (nSPS) is 22.6. The standard InChI is InChI=1S/C19H15F3N4O3/c20-19(21,22)13-5-11(4-3-10(13)7-23)26-17(28)15-14-6-12(25(15)18(26)29)8-24(14)16(27)9-1-2-9/h3-5,9,12,14,28H,1-2,6,8H2/t12-,14-/m0/s1. The number of hydrogen-bond acceptors (Lipinski definition) is 4. The van der Waals surface area contributed by atoms with Gasteiger partial charge in [-0.1, -0.05) is 0 Å². The maximum Gasteiger partial charge on any atom is 0.417 e. The molecule has 1 saturated heterocycles. The minimum absolute atomic E-state index is 0.001000. The second-order valence-electron chi connectivity index (χ2n) is 7.71. The van der Waals surface area contributed by atoms with Gasteiger partial charge in [0.1, 0.15) is 5.69 Å². The molecule has 2 fully saturated rings. The fraction of sp³-hybridized carbons (Fsp3) is 0.421. The maximum absolute atomic E-state index is 13.3. The number of aromatic nitrogens is 2. The Morgan fingerprint density at radius 2 is 2.00 bits per heavy atom. The first-order valence-electron chi connectivity index (χ1n) is 9.20. The molecule has 1 aromatic carbocycles. The van der Waals surface area contributed by atoms with Gasteiger partial charge in [-0.05, 0) is 37.5 Å². The lowest BCUT2D eigenvalue weighted by molar-refractivity contribution is -0.138. The van der Waals surface area contributed by atoms with Crippen molar-refractivity contribution in [2.24, 2.45) is 5.92 Å². The van der Waals surface area contributed by atoms with Crippen LogP contribution in [0, 0.1) is 17.2 Å². The minimum atomic E-state index is -4.78. The van der Waals surface area contributed by atoms with Crippen molar-refractivity contribution in [2.45, 2.75) is 37.5 Å². The zero-order valence-electron chi connectivity index (χ0n) is 15.0. The molecular weight excluding hydrogens is 389 g/mol. The highest BCUT2D eigenvalue weighted by Gasteiger charge is 2.51. The van der Waals surface area contributed by atoms with E-state index in [0.717, 1.165) is 23.5 Å². The zero-order valence-corrected chi connectivity index (χ0v) is 15.0. The van der Waals surface area contributed by atoms with Crippen molar-refractivity contribution in [3.63, 3.8) is 0 Å². The molecule has 2 aromatic rings. The minimum Gasteiger partial charge on any atom is -0.493 e. The van der Waals surface area contributed by atoms with E-state index in [1.54, 1.807) is 4.90 Å². The smallest absolute Gasteiger partial charge is 0.417 e. The van der Waals surface area contributed by atoms with Crippen LogP contribution in [-0.4, -0.2) is 31.6 Å². The van der Waals surface area contributed by atoms with Gasteiger partial charge in [0.15, 0.2) is 0 Å². The van der Waals surface area contributed by atoms with Gasteiger partial charge in [0.25, 0.3) is 0 Å².